The quantitative estimate of drug-likeness (QED) is 0.721. The van der Waals surface area contributed by atoms with Crippen molar-refractivity contribution in [3.8, 4) is 5.82 Å². The molecule has 82 valence electrons. The molecule has 0 bridgehead atoms. The lowest BCUT2D eigenvalue weighted by atomic mass is 10.3. The Morgan fingerprint density at radius 2 is 2.00 bits per heavy atom. The summed E-state index contributed by atoms with van der Waals surface area (Å²) < 4.78 is 1.88. The van der Waals surface area contributed by atoms with Crippen LogP contribution >= 0.6 is 0 Å². The Labute approximate surface area is 94.0 Å². The predicted molar refractivity (Wildman–Crippen MR) is 60.8 cm³/mol. The number of carbonyl (C=O) groups excluding carboxylic acids is 1. The number of ketones is 1. The summed E-state index contributed by atoms with van der Waals surface area (Å²) in [6, 6.07) is 5.40. The molecular formula is C12H13N3O. The van der Waals surface area contributed by atoms with Crippen molar-refractivity contribution in [3.63, 3.8) is 0 Å². The third kappa shape index (κ3) is 1.86. The van der Waals surface area contributed by atoms with Crippen molar-refractivity contribution < 1.29 is 4.79 Å². The molecule has 2 aromatic heterocycles. The first kappa shape index (κ1) is 10.5. The summed E-state index contributed by atoms with van der Waals surface area (Å²) in [5, 5.41) is 0. The lowest BCUT2D eigenvalue weighted by molar-refractivity contribution is 0.101. The first-order chi connectivity index (χ1) is 7.58. The molecule has 0 unspecified atom stereocenters. The van der Waals surface area contributed by atoms with Gasteiger partial charge in [-0.05, 0) is 26.0 Å². The van der Waals surface area contributed by atoms with Crippen LogP contribution in [0.15, 0.2) is 24.4 Å². The monoisotopic (exact) mass is 215 g/mol. The molecule has 2 rings (SSSR count). The van der Waals surface area contributed by atoms with E-state index in [0.29, 0.717) is 5.69 Å². The fraction of sp³-hybridized carbons (Fsp3) is 0.250. The van der Waals surface area contributed by atoms with Crippen LogP contribution in [0.25, 0.3) is 5.82 Å². The molecule has 0 N–H and O–H groups in total. The van der Waals surface area contributed by atoms with E-state index in [9.17, 15) is 4.79 Å². The molecule has 4 nitrogen and oxygen atoms in total. The molecule has 0 aromatic carbocycles. The second-order valence-electron chi connectivity index (χ2n) is 3.74. The average molecular weight is 215 g/mol. The first-order valence-corrected chi connectivity index (χ1v) is 5.09. The summed E-state index contributed by atoms with van der Waals surface area (Å²) in [4.78, 5) is 19.8. The summed E-state index contributed by atoms with van der Waals surface area (Å²) in [7, 11) is 0. The summed E-state index contributed by atoms with van der Waals surface area (Å²) in [5.74, 6) is 1.56. The van der Waals surface area contributed by atoms with Crippen LogP contribution in [0.1, 0.15) is 28.9 Å². The zero-order chi connectivity index (χ0) is 11.7. The zero-order valence-electron chi connectivity index (χ0n) is 9.56. The van der Waals surface area contributed by atoms with E-state index in [1.807, 2.05) is 36.7 Å². The maximum absolute atomic E-state index is 11.2. The number of pyridine rings is 1. The number of carbonyl (C=O) groups is 1. The van der Waals surface area contributed by atoms with Gasteiger partial charge in [-0.25, -0.2) is 9.97 Å². The number of rotatable bonds is 2. The van der Waals surface area contributed by atoms with Gasteiger partial charge in [0.25, 0.3) is 0 Å². The molecule has 0 atom stereocenters. The topological polar surface area (TPSA) is 47.8 Å². The molecule has 0 saturated heterocycles. The minimum Gasteiger partial charge on any atom is -0.293 e. The van der Waals surface area contributed by atoms with E-state index in [4.69, 9.17) is 0 Å². The van der Waals surface area contributed by atoms with E-state index in [1.54, 1.807) is 6.07 Å². The molecule has 0 fully saturated rings. The van der Waals surface area contributed by atoms with Gasteiger partial charge in [-0.1, -0.05) is 6.07 Å². The predicted octanol–water partition coefficient (Wildman–Crippen LogP) is 2.09. The highest BCUT2D eigenvalue weighted by Gasteiger charge is 2.06. The van der Waals surface area contributed by atoms with Crippen molar-refractivity contribution in [2.75, 3.05) is 0 Å². The van der Waals surface area contributed by atoms with Crippen LogP contribution in [0, 0.1) is 13.8 Å². The molecule has 2 aromatic rings. The molecule has 2 heterocycles. The number of imidazole rings is 1. The first-order valence-electron chi connectivity index (χ1n) is 5.09. The van der Waals surface area contributed by atoms with Gasteiger partial charge in [-0.3, -0.25) is 9.36 Å². The van der Waals surface area contributed by atoms with Crippen molar-refractivity contribution in [1.82, 2.24) is 14.5 Å². The van der Waals surface area contributed by atoms with Gasteiger partial charge in [0.1, 0.15) is 17.3 Å². The second kappa shape index (κ2) is 3.89. The van der Waals surface area contributed by atoms with Crippen LogP contribution in [0.5, 0.6) is 0 Å². The van der Waals surface area contributed by atoms with Crippen LogP contribution in [0.4, 0.5) is 0 Å². The number of nitrogens with zero attached hydrogens (tertiary/aromatic N) is 3. The third-order valence-electron chi connectivity index (χ3n) is 2.34. The summed E-state index contributed by atoms with van der Waals surface area (Å²) in [6.45, 7) is 5.35. The van der Waals surface area contributed by atoms with Crippen molar-refractivity contribution >= 4 is 5.78 Å². The lowest BCUT2D eigenvalue weighted by Gasteiger charge is -2.04. The molecule has 0 aliphatic rings. The van der Waals surface area contributed by atoms with E-state index >= 15 is 0 Å². The maximum Gasteiger partial charge on any atom is 0.178 e. The van der Waals surface area contributed by atoms with Gasteiger partial charge in [0.05, 0.1) is 5.69 Å². The van der Waals surface area contributed by atoms with Crippen molar-refractivity contribution in [2.24, 2.45) is 0 Å². The highest BCUT2D eigenvalue weighted by molar-refractivity contribution is 5.92. The van der Waals surface area contributed by atoms with Gasteiger partial charge in [0, 0.05) is 13.1 Å². The molecule has 16 heavy (non-hydrogen) atoms. The Hall–Kier alpha value is -1.97. The van der Waals surface area contributed by atoms with E-state index in [1.165, 1.54) is 6.92 Å². The summed E-state index contributed by atoms with van der Waals surface area (Å²) in [5.41, 5.74) is 1.41. The van der Waals surface area contributed by atoms with Gasteiger partial charge < -0.3 is 0 Å². The number of hydrogen-bond acceptors (Lipinski definition) is 3. The van der Waals surface area contributed by atoms with E-state index in [0.717, 1.165) is 17.3 Å². The lowest BCUT2D eigenvalue weighted by Crippen LogP contribution is -2.03. The molecule has 0 saturated carbocycles. The van der Waals surface area contributed by atoms with Crippen LogP contribution in [-0.4, -0.2) is 20.3 Å². The van der Waals surface area contributed by atoms with Crippen molar-refractivity contribution in [1.29, 1.82) is 0 Å². The second-order valence-corrected chi connectivity index (χ2v) is 3.74. The fourth-order valence-corrected chi connectivity index (χ4v) is 1.60. The molecule has 0 aliphatic heterocycles. The Kier molecular flexibility index (Phi) is 2.56. The molecule has 0 radical (unpaired) electrons. The summed E-state index contributed by atoms with van der Waals surface area (Å²) >= 11 is 0. The standard InChI is InChI=1S/C12H13N3O/c1-8-7-15(10(3)13-8)12-6-4-5-11(14-12)9(2)16/h4-7H,1-3H3. The van der Waals surface area contributed by atoms with Crippen LogP contribution < -0.4 is 0 Å². The van der Waals surface area contributed by atoms with Crippen LogP contribution in [-0.2, 0) is 0 Å². The Bertz CT molecular complexity index is 543. The van der Waals surface area contributed by atoms with Crippen molar-refractivity contribution in [3.05, 3.63) is 41.6 Å². The average Bonchev–Trinajstić information content (AvgIpc) is 2.58. The highest BCUT2D eigenvalue weighted by atomic mass is 16.1. The number of hydrogen-bond donors (Lipinski definition) is 0. The zero-order valence-corrected chi connectivity index (χ0v) is 9.56. The minimum absolute atomic E-state index is 0.0312. The van der Waals surface area contributed by atoms with Gasteiger partial charge in [0.15, 0.2) is 5.78 Å². The van der Waals surface area contributed by atoms with E-state index < -0.39 is 0 Å². The maximum atomic E-state index is 11.2. The summed E-state index contributed by atoms with van der Waals surface area (Å²) in [6.07, 6.45) is 1.90. The van der Waals surface area contributed by atoms with Crippen LogP contribution in [0.2, 0.25) is 0 Å². The van der Waals surface area contributed by atoms with E-state index in [-0.39, 0.29) is 5.78 Å². The van der Waals surface area contributed by atoms with Gasteiger partial charge in [0.2, 0.25) is 0 Å². The number of Topliss-reactive ketones (excluding diaryl/α,β-unsaturated/α-hetero) is 1. The Balaban J connectivity index is 2.52. The third-order valence-corrected chi connectivity index (χ3v) is 2.34. The molecule has 4 heteroatoms. The number of aromatic nitrogens is 3. The molecule has 0 spiro atoms. The minimum atomic E-state index is -0.0312. The fourth-order valence-electron chi connectivity index (χ4n) is 1.60. The number of aryl methyl sites for hydroxylation is 2. The van der Waals surface area contributed by atoms with Gasteiger partial charge in [-0.2, -0.15) is 0 Å². The smallest absolute Gasteiger partial charge is 0.178 e. The van der Waals surface area contributed by atoms with Crippen molar-refractivity contribution in [2.45, 2.75) is 20.8 Å². The van der Waals surface area contributed by atoms with Gasteiger partial charge >= 0.3 is 0 Å². The highest BCUT2D eigenvalue weighted by Crippen LogP contribution is 2.10. The van der Waals surface area contributed by atoms with E-state index in [2.05, 4.69) is 9.97 Å². The molecule has 0 amide bonds. The normalized spacial score (nSPS) is 10.4. The Morgan fingerprint density at radius 3 is 2.56 bits per heavy atom. The SMILES string of the molecule is CC(=O)c1cccc(-n2cc(C)nc2C)n1. The largest absolute Gasteiger partial charge is 0.293 e. The molecule has 0 aliphatic carbocycles. The Morgan fingerprint density at radius 1 is 1.25 bits per heavy atom. The molecular weight excluding hydrogens is 202 g/mol. The van der Waals surface area contributed by atoms with Gasteiger partial charge in [-0.15, -0.1) is 0 Å². The van der Waals surface area contributed by atoms with Crippen LogP contribution in [0.3, 0.4) is 0 Å².